The summed E-state index contributed by atoms with van der Waals surface area (Å²) in [6.45, 7) is 5.02. The Bertz CT molecular complexity index is 513. The largest absolute Gasteiger partial charge is 0.353 e. The molecule has 1 N–H and O–H groups in total. The Balaban J connectivity index is 2.15. The van der Waals surface area contributed by atoms with Crippen LogP contribution in [0.5, 0.6) is 0 Å². The Morgan fingerprint density at radius 3 is 2.95 bits per heavy atom. The van der Waals surface area contributed by atoms with Crippen LogP contribution in [0.3, 0.4) is 0 Å². The van der Waals surface area contributed by atoms with Crippen LogP contribution in [0, 0.1) is 6.92 Å². The third-order valence-electron chi connectivity index (χ3n) is 3.15. The number of amidine groups is 1. The predicted molar refractivity (Wildman–Crippen MR) is 82.1 cm³/mol. The highest BCUT2D eigenvalue weighted by Gasteiger charge is 2.17. The van der Waals surface area contributed by atoms with Gasteiger partial charge < -0.3 is 10.2 Å². The number of hydrogen-bond donors (Lipinski definition) is 1. The summed E-state index contributed by atoms with van der Waals surface area (Å²) in [7, 11) is 1.96. The smallest absolute Gasteiger partial charge is 0.347 e. The molecular formula is C14H19N3OS. The molecule has 1 aliphatic heterocycles. The first kappa shape index (κ1) is 13.9. The summed E-state index contributed by atoms with van der Waals surface area (Å²) in [5, 5.41) is 3.71. The molecular weight excluding hydrogens is 258 g/mol. The summed E-state index contributed by atoms with van der Waals surface area (Å²) in [4.78, 5) is 18.1. The number of aryl methyl sites for hydroxylation is 2. The van der Waals surface area contributed by atoms with Gasteiger partial charge in [-0.05, 0) is 24.5 Å². The molecule has 4 nitrogen and oxygen atoms in total. The van der Waals surface area contributed by atoms with Gasteiger partial charge in [-0.2, -0.15) is 4.99 Å². The highest BCUT2D eigenvalue weighted by Crippen LogP contribution is 2.22. The Kier molecular flexibility index (Phi) is 4.47. The molecule has 1 saturated heterocycles. The van der Waals surface area contributed by atoms with Crippen LogP contribution in [0.2, 0.25) is 0 Å². The summed E-state index contributed by atoms with van der Waals surface area (Å²) in [6.07, 6.45) is 0.891. The van der Waals surface area contributed by atoms with E-state index in [-0.39, 0.29) is 6.03 Å². The van der Waals surface area contributed by atoms with E-state index in [0.717, 1.165) is 40.7 Å². The van der Waals surface area contributed by atoms with Gasteiger partial charge >= 0.3 is 6.03 Å². The number of nitrogens with one attached hydrogen (secondary N) is 1. The van der Waals surface area contributed by atoms with Crippen LogP contribution in [0.15, 0.2) is 23.2 Å². The van der Waals surface area contributed by atoms with Crippen LogP contribution >= 0.6 is 11.8 Å². The van der Waals surface area contributed by atoms with E-state index < -0.39 is 0 Å². The van der Waals surface area contributed by atoms with Gasteiger partial charge in [-0.25, -0.2) is 4.79 Å². The first-order valence-corrected chi connectivity index (χ1v) is 7.42. The lowest BCUT2D eigenvalue weighted by Crippen LogP contribution is -2.21. The lowest BCUT2D eigenvalue weighted by molar-refractivity contribution is 0.259. The average Bonchev–Trinajstić information content (AvgIpc) is 2.77. The maximum Gasteiger partial charge on any atom is 0.347 e. The Morgan fingerprint density at radius 2 is 2.32 bits per heavy atom. The van der Waals surface area contributed by atoms with E-state index in [1.807, 2.05) is 37.1 Å². The van der Waals surface area contributed by atoms with Gasteiger partial charge in [0.15, 0.2) is 5.17 Å². The van der Waals surface area contributed by atoms with Crippen LogP contribution < -0.4 is 5.32 Å². The van der Waals surface area contributed by atoms with Crippen molar-refractivity contribution < 1.29 is 4.79 Å². The number of thioether (sulfide) groups is 1. The molecule has 1 heterocycles. The van der Waals surface area contributed by atoms with Crippen molar-refractivity contribution in [1.29, 1.82) is 0 Å². The Labute approximate surface area is 118 Å². The second-order valence-corrected chi connectivity index (χ2v) is 5.62. The van der Waals surface area contributed by atoms with E-state index in [1.54, 1.807) is 11.8 Å². The summed E-state index contributed by atoms with van der Waals surface area (Å²) in [6, 6.07) is 5.75. The van der Waals surface area contributed by atoms with Gasteiger partial charge in [-0.3, -0.25) is 0 Å². The number of nitrogens with zero attached hydrogens (tertiary/aromatic N) is 2. The lowest BCUT2D eigenvalue weighted by atomic mass is 10.1. The number of amides is 2. The van der Waals surface area contributed by atoms with E-state index in [2.05, 4.69) is 17.2 Å². The predicted octanol–water partition coefficient (Wildman–Crippen LogP) is 3.12. The fourth-order valence-electron chi connectivity index (χ4n) is 2.02. The van der Waals surface area contributed by atoms with Crippen LogP contribution in [-0.4, -0.2) is 35.4 Å². The van der Waals surface area contributed by atoms with Gasteiger partial charge in [0, 0.05) is 25.0 Å². The van der Waals surface area contributed by atoms with Crippen molar-refractivity contribution in [2.45, 2.75) is 20.3 Å². The Hall–Kier alpha value is -1.49. The zero-order valence-corrected chi connectivity index (χ0v) is 12.4. The fourth-order valence-corrected chi connectivity index (χ4v) is 3.03. The van der Waals surface area contributed by atoms with Crippen molar-refractivity contribution in [2.24, 2.45) is 4.99 Å². The molecule has 2 amide bonds. The van der Waals surface area contributed by atoms with Crippen molar-refractivity contribution >= 4 is 28.6 Å². The number of carbonyl (C=O) groups is 1. The van der Waals surface area contributed by atoms with Crippen molar-refractivity contribution in [2.75, 3.05) is 24.7 Å². The SMILES string of the molecule is CCc1cccc(C)c1NC(=O)N=C1SCCN1C. The number of carbonyl (C=O) groups excluding carboxylic acids is 1. The van der Waals surface area contributed by atoms with Crippen LogP contribution in [0.25, 0.3) is 0 Å². The zero-order chi connectivity index (χ0) is 13.8. The molecule has 0 saturated carbocycles. The van der Waals surface area contributed by atoms with Crippen molar-refractivity contribution in [3.8, 4) is 0 Å². The van der Waals surface area contributed by atoms with E-state index in [1.165, 1.54) is 0 Å². The van der Waals surface area contributed by atoms with E-state index >= 15 is 0 Å². The topological polar surface area (TPSA) is 44.7 Å². The molecule has 5 heteroatoms. The summed E-state index contributed by atoms with van der Waals surface area (Å²) < 4.78 is 0. The third kappa shape index (κ3) is 3.29. The monoisotopic (exact) mass is 277 g/mol. The number of rotatable bonds is 2. The van der Waals surface area contributed by atoms with Crippen molar-refractivity contribution in [1.82, 2.24) is 4.90 Å². The molecule has 0 bridgehead atoms. The van der Waals surface area contributed by atoms with Gasteiger partial charge in [0.2, 0.25) is 0 Å². The van der Waals surface area contributed by atoms with Gasteiger partial charge in [0.1, 0.15) is 0 Å². The molecule has 1 aliphatic rings. The minimum Gasteiger partial charge on any atom is -0.353 e. The van der Waals surface area contributed by atoms with E-state index in [9.17, 15) is 4.79 Å². The molecule has 0 atom stereocenters. The first-order chi connectivity index (χ1) is 9.11. The maximum absolute atomic E-state index is 12.0. The molecule has 19 heavy (non-hydrogen) atoms. The number of aliphatic imine (C=N–C) groups is 1. The van der Waals surface area contributed by atoms with Crippen molar-refractivity contribution in [3.63, 3.8) is 0 Å². The van der Waals surface area contributed by atoms with Gasteiger partial charge in [-0.1, -0.05) is 36.9 Å². The quantitative estimate of drug-likeness (QED) is 0.903. The molecule has 0 spiro atoms. The molecule has 0 aromatic heterocycles. The minimum absolute atomic E-state index is 0.291. The number of para-hydroxylation sites is 1. The molecule has 0 unspecified atom stereocenters. The molecule has 2 rings (SSSR count). The van der Waals surface area contributed by atoms with Crippen LogP contribution in [-0.2, 0) is 6.42 Å². The van der Waals surface area contributed by atoms with Crippen LogP contribution in [0.4, 0.5) is 10.5 Å². The lowest BCUT2D eigenvalue weighted by Gasteiger charge is -2.12. The van der Waals surface area contributed by atoms with Gasteiger partial charge in [-0.15, -0.1) is 0 Å². The highest BCUT2D eigenvalue weighted by molar-refractivity contribution is 8.14. The normalized spacial score (nSPS) is 17.0. The molecule has 1 aromatic carbocycles. The number of benzene rings is 1. The molecule has 1 aromatic rings. The summed E-state index contributed by atoms with van der Waals surface area (Å²) in [5.41, 5.74) is 3.10. The number of anilines is 1. The zero-order valence-electron chi connectivity index (χ0n) is 11.6. The minimum atomic E-state index is -0.291. The molecule has 0 radical (unpaired) electrons. The van der Waals surface area contributed by atoms with E-state index in [4.69, 9.17) is 0 Å². The maximum atomic E-state index is 12.0. The summed E-state index contributed by atoms with van der Waals surface area (Å²) in [5.74, 6) is 0.993. The van der Waals surface area contributed by atoms with Gasteiger partial charge in [0.05, 0.1) is 0 Å². The molecule has 1 fully saturated rings. The van der Waals surface area contributed by atoms with E-state index in [0.29, 0.717) is 0 Å². The highest BCUT2D eigenvalue weighted by atomic mass is 32.2. The Morgan fingerprint density at radius 1 is 1.53 bits per heavy atom. The molecule has 0 aliphatic carbocycles. The summed E-state index contributed by atoms with van der Waals surface area (Å²) >= 11 is 1.62. The second-order valence-electron chi connectivity index (χ2n) is 4.56. The fraction of sp³-hybridized carbons (Fsp3) is 0.429. The third-order valence-corrected chi connectivity index (χ3v) is 4.20. The average molecular weight is 277 g/mol. The first-order valence-electron chi connectivity index (χ1n) is 6.44. The number of urea groups is 1. The standard InChI is InChI=1S/C14H19N3OS/c1-4-11-7-5-6-10(2)12(11)15-13(18)16-14-17(3)8-9-19-14/h5-7H,4,8-9H2,1-3H3,(H,15,18). The second kappa shape index (κ2) is 6.10. The molecule has 102 valence electrons. The van der Waals surface area contributed by atoms with Crippen molar-refractivity contribution in [3.05, 3.63) is 29.3 Å². The van der Waals surface area contributed by atoms with Gasteiger partial charge in [0.25, 0.3) is 0 Å². The number of hydrogen-bond acceptors (Lipinski definition) is 2. The van der Waals surface area contributed by atoms with Crippen LogP contribution in [0.1, 0.15) is 18.1 Å².